The maximum atomic E-state index is 13.6. The number of aromatic amines is 1. The van der Waals surface area contributed by atoms with Crippen molar-refractivity contribution in [2.24, 2.45) is 0 Å². The molecule has 10 heteroatoms. The Bertz CT molecular complexity index is 932. The maximum Gasteiger partial charge on any atom is 0.282 e. The van der Waals surface area contributed by atoms with Gasteiger partial charge in [0.05, 0.1) is 11.7 Å². The highest BCUT2D eigenvalue weighted by molar-refractivity contribution is 6.03. The summed E-state index contributed by atoms with van der Waals surface area (Å²) in [4.78, 5) is 12.5. The predicted molar refractivity (Wildman–Crippen MR) is 93.5 cm³/mol. The molecule has 0 spiro atoms. The molecule has 3 N–H and O–H groups in total. The van der Waals surface area contributed by atoms with Crippen LogP contribution in [0.5, 0.6) is 0 Å². The molecule has 0 saturated carbocycles. The first-order valence-corrected chi connectivity index (χ1v) is 8.49. The molecule has 0 bridgehead atoms. The SMILES string of the molecule is O=C(Nc1cc(-c2ccccc2)[nH]n1)c1nnn(C2CCNC2)c1C(F)F. The molecule has 3 aromatic rings. The van der Waals surface area contributed by atoms with Gasteiger partial charge in [-0.25, -0.2) is 13.5 Å². The molecule has 1 aliphatic heterocycles. The van der Waals surface area contributed by atoms with Crippen LogP contribution in [0.2, 0.25) is 0 Å². The van der Waals surface area contributed by atoms with E-state index in [-0.39, 0.29) is 17.6 Å². The van der Waals surface area contributed by atoms with E-state index in [4.69, 9.17) is 0 Å². The molecule has 1 atom stereocenters. The molecule has 0 aliphatic carbocycles. The Kier molecular flexibility index (Phi) is 4.63. The number of H-pyrrole nitrogens is 1. The molecular formula is C17H17F2N7O. The van der Waals surface area contributed by atoms with Gasteiger partial charge in [0.25, 0.3) is 12.3 Å². The number of anilines is 1. The predicted octanol–water partition coefficient (Wildman–Crippen LogP) is 2.39. The molecule has 2 aromatic heterocycles. The van der Waals surface area contributed by atoms with Crippen molar-refractivity contribution in [1.29, 1.82) is 0 Å². The summed E-state index contributed by atoms with van der Waals surface area (Å²) < 4.78 is 28.3. The highest BCUT2D eigenvalue weighted by atomic mass is 19.3. The van der Waals surface area contributed by atoms with Gasteiger partial charge in [-0.05, 0) is 18.5 Å². The molecule has 4 rings (SSSR count). The van der Waals surface area contributed by atoms with Gasteiger partial charge in [0.15, 0.2) is 11.5 Å². The Morgan fingerprint density at radius 2 is 2.11 bits per heavy atom. The van der Waals surface area contributed by atoms with Crippen LogP contribution in [0, 0.1) is 0 Å². The van der Waals surface area contributed by atoms with Crippen LogP contribution in [0.15, 0.2) is 36.4 Å². The Hall–Kier alpha value is -3.14. The number of aromatic nitrogens is 5. The van der Waals surface area contributed by atoms with Gasteiger partial charge in [0.1, 0.15) is 5.69 Å². The molecule has 3 heterocycles. The van der Waals surface area contributed by atoms with E-state index in [0.29, 0.717) is 25.2 Å². The van der Waals surface area contributed by atoms with E-state index in [1.807, 2.05) is 30.3 Å². The average Bonchev–Trinajstić information content (AvgIpc) is 3.41. The lowest BCUT2D eigenvalue weighted by atomic mass is 10.1. The van der Waals surface area contributed by atoms with Crippen molar-refractivity contribution in [3.8, 4) is 11.3 Å². The lowest BCUT2D eigenvalue weighted by molar-refractivity contribution is 0.0997. The van der Waals surface area contributed by atoms with E-state index in [0.717, 1.165) is 10.2 Å². The third-order valence-electron chi connectivity index (χ3n) is 4.44. The number of amides is 1. The Labute approximate surface area is 153 Å². The van der Waals surface area contributed by atoms with Crippen molar-refractivity contribution in [3.63, 3.8) is 0 Å². The summed E-state index contributed by atoms with van der Waals surface area (Å²) in [5.74, 6) is -0.551. The van der Waals surface area contributed by atoms with Crippen molar-refractivity contribution < 1.29 is 13.6 Å². The van der Waals surface area contributed by atoms with E-state index in [1.54, 1.807) is 6.07 Å². The second kappa shape index (κ2) is 7.23. The Balaban J connectivity index is 1.56. The summed E-state index contributed by atoms with van der Waals surface area (Å²) in [5.41, 5.74) is 0.722. The number of alkyl halides is 2. The molecule has 8 nitrogen and oxygen atoms in total. The van der Waals surface area contributed by atoms with Crippen molar-refractivity contribution in [2.75, 3.05) is 18.4 Å². The molecule has 1 aliphatic rings. The number of nitrogens with zero attached hydrogens (tertiary/aromatic N) is 4. The lowest BCUT2D eigenvalue weighted by Crippen LogP contribution is -2.19. The van der Waals surface area contributed by atoms with Gasteiger partial charge in [-0.2, -0.15) is 5.10 Å². The summed E-state index contributed by atoms with van der Waals surface area (Å²) in [6.07, 6.45) is -2.20. The van der Waals surface area contributed by atoms with Gasteiger partial charge in [-0.3, -0.25) is 9.89 Å². The van der Waals surface area contributed by atoms with Gasteiger partial charge in [-0.1, -0.05) is 35.5 Å². The zero-order valence-electron chi connectivity index (χ0n) is 14.2. The van der Waals surface area contributed by atoms with E-state index in [1.165, 1.54) is 0 Å². The summed E-state index contributed by atoms with van der Waals surface area (Å²) in [7, 11) is 0. The summed E-state index contributed by atoms with van der Waals surface area (Å²) in [6, 6.07) is 10.8. The number of halogens is 2. The molecule has 27 heavy (non-hydrogen) atoms. The molecule has 1 fully saturated rings. The minimum absolute atomic E-state index is 0.219. The summed E-state index contributed by atoms with van der Waals surface area (Å²) >= 11 is 0. The van der Waals surface area contributed by atoms with Gasteiger partial charge < -0.3 is 10.6 Å². The normalized spacial score (nSPS) is 16.8. The van der Waals surface area contributed by atoms with Crippen LogP contribution in [-0.4, -0.2) is 44.2 Å². The van der Waals surface area contributed by atoms with Gasteiger partial charge in [0, 0.05) is 12.6 Å². The van der Waals surface area contributed by atoms with E-state index >= 15 is 0 Å². The average molecular weight is 373 g/mol. The van der Waals surface area contributed by atoms with Crippen LogP contribution < -0.4 is 10.6 Å². The van der Waals surface area contributed by atoms with E-state index in [9.17, 15) is 13.6 Å². The molecule has 1 saturated heterocycles. The summed E-state index contributed by atoms with van der Waals surface area (Å²) in [6.45, 7) is 1.23. The minimum atomic E-state index is -2.86. The van der Waals surface area contributed by atoms with Crippen LogP contribution in [0.1, 0.15) is 35.1 Å². The molecule has 140 valence electrons. The van der Waals surface area contributed by atoms with Crippen molar-refractivity contribution in [3.05, 3.63) is 47.8 Å². The van der Waals surface area contributed by atoms with Crippen LogP contribution in [0.3, 0.4) is 0 Å². The highest BCUT2D eigenvalue weighted by Crippen LogP contribution is 2.27. The number of benzene rings is 1. The maximum absolute atomic E-state index is 13.6. The van der Waals surface area contributed by atoms with Gasteiger partial charge in [-0.15, -0.1) is 5.10 Å². The molecule has 1 unspecified atom stereocenters. The highest BCUT2D eigenvalue weighted by Gasteiger charge is 2.31. The monoisotopic (exact) mass is 373 g/mol. The van der Waals surface area contributed by atoms with Crippen molar-refractivity contribution in [1.82, 2.24) is 30.5 Å². The first-order valence-electron chi connectivity index (χ1n) is 8.49. The van der Waals surface area contributed by atoms with Crippen molar-refractivity contribution >= 4 is 11.7 Å². The van der Waals surface area contributed by atoms with E-state index in [2.05, 4.69) is 31.1 Å². The van der Waals surface area contributed by atoms with Crippen LogP contribution in [-0.2, 0) is 0 Å². The topological polar surface area (TPSA) is 101 Å². The second-order valence-electron chi connectivity index (χ2n) is 6.20. The summed E-state index contributed by atoms with van der Waals surface area (Å²) in [5, 5.41) is 19.9. The van der Waals surface area contributed by atoms with Crippen LogP contribution in [0.4, 0.5) is 14.6 Å². The quantitative estimate of drug-likeness (QED) is 0.638. The third kappa shape index (κ3) is 3.43. The number of hydrogen-bond donors (Lipinski definition) is 3. The van der Waals surface area contributed by atoms with Crippen molar-refractivity contribution in [2.45, 2.75) is 18.9 Å². The smallest absolute Gasteiger partial charge is 0.282 e. The van der Waals surface area contributed by atoms with Crippen LogP contribution >= 0.6 is 0 Å². The number of carbonyl (C=O) groups is 1. The fourth-order valence-electron chi connectivity index (χ4n) is 3.11. The number of rotatable bonds is 5. The van der Waals surface area contributed by atoms with Gasteiger partial charge >= 0.3 is 0 Å². The minimum Gasteiger partial charge on any atom is -0.315 e. The van der Waals surface area contributed by atoms with Crippen LogP contribution in [0.25, 0.3) is 11.3 Å². The number of carbonyl (C=O) groups excluding carboxylic acids is 1. The molecule has 0 radical (unpaired) electrons. The first-order chi connectivity index (χ1) is 13.1. The first kappa shape index (κ1) is 17.3. The van der Waals surface area contributed by atoms with Gasteiger partial charge in [0.2, 0.25) is 0 Å². The molecular weight excluding hydrogens is 356 g/mol. The third-order valence-corrected chi connectivity index (χ3v) is 4.44. The molecule has 1 aromatic carbocycles. The zero-order valence-corrected chi connectivity index (χ0v) is 14.2. The number of nitrogens with one attached hydrogen (secondary N) is 3. The second-order valence-corrected chi connectivity index (χ2v) is 6.20. The fourth-order valence-corrected chi connectivity index (χ4v) is 3.11. The zero-order chi connectivity index (χ0) is 18.8. The Morgan fingerprint density at radius 1 is 1.30 bits per heavy atom. The number of hydrogen-bond acceptors (Lipinski definition) is 5. The fraction of sp³-hybridized carbons (Fsp3) is 0.294. The lowest BCUT2D eigenvalue weighted by Gasteiger charge is -2.12. The molecule has 1 amide bonds. The van der Waals surface area contributed by atoms with E-state index < -0.39 is 18.0 Å². The largest absolute Gasteiger partial charge is 0.315 e. The standard InChI is InChI=1S/C17H17F2N7O/c18-16(19)15-14(24-25-26(15)11-6-7-20-9-11)17(27)21-13-8-12(22-23-13)10-4-2-1-3-5-10/h1-5,8,11,16,20H,6-7,9H2,(H2,21,22,23,27). The Morgan fingerprint density at radius 3 is 2.81 bits per heavy atom.